The van der Waals surface area contributed by atoms with Crippen molar-refractivity contribution in [3.63, 3.8) is 0 Å². The molecule has 1 aromatic carbocycles. The second-order valence-corrected chi connectivity index (χ2v) is 7.92. The Labute approximate surface area is 132 Å². The molecule has 5 nitrogen and oxygen atoms in total. The average Bonchev–Trinajstić information content (AvgIpc) is 2.66. The van der Waals surface area contributed by atoms with Crippen molar-refractivity contribution in [2.75, 3.05) is 33.2 Å². The first-order valence-electron chi connectivity index (χ1n) is 6.63. The molecule has 1 heterocycles. The van der Waals surface area contributed by atoms with Gasteiger partial charge in [0.2, 0.25) is 10.0 Å². The SMILES string of the molecule is CN1CCCN(S(=O)(=O)c2cc(Br)cc(CO)c2F)CC1. The van der Waals surface area contributed by atoms with E-state index in [1.165, 1.54) is 16.4 Å². The molecule has 1 N–H and O–H groups in total. The third-order valence-electron chi connectivity index (χ3n) is 3.55. The van der Waals surface area contributed by atoms with E-state index in [2.05, 4.69) is 15.9 Å². The quantitative estimate of drug-likeness (QED) is 0.860. The summed E-state index contributed by atoms with van der Waals surface area (Å²) in [5.41, 5.74) is -0.0325. The monoisotopic (exact) mass is 380 g/mol. The summed E-state index contributed by atoms with van der Waals surface area (Å²) in [6.07, 6.45) is 0.707. The van der Waals surface area contributed by atoms with E-state index in [0.717, 1.165) is 6.54 Å². The Morgan fingerprint density at radius 2 is 2.00 bits per heavy atom. The highest BCUT2D eigenvalue weighted by Crippen LogP contribution is 2.27. The summed E-state index contributed by atoms with van der Waals surface area (Å²) in [4.78, 5) is 1.66. The van der Waals surface area contributed by atoms with Crippen molar-refractivity contribution in [1.29, 1.82) is 0 Å². The molecule has 1 fully saturated rings. The zero-order valence-electron chi connectivity index (χ0n) is 11.7. The molecule has 0 aliphatic carbocycles. The molecule has 1 saturated heterocycles. The maximum Gasteiger partial charge on any atom is 0.246 e. The Balaban J connectivity index is 2.42. The molecule has 1 aliphatic rings. The summed E-state index contributed by atoms with van der Waals surface area (Å²) in [6, 6.07) is 2.63. The van der Waals surface area contributed by atoms with Crippen molar-refractivity contribution in [3.05, 3.63) is 28.0 Å². The molecular formula is C13H18BrFN2O3S. The largest absolute Gasteiger partial charge is 0.392 e. The van der Waals surface area contributed by atoms with Crippen molar-refractivity contribution in [2.24, 2.45) is 0 Å². The van der Waals surface area contributed by atoms with E-state index < -0.39 is 22.4 Å². The van der Waals surface area contributed by atoms with Crippen LogP contribution in [0.1, 0.15) is 12.0 Å². The van der Waals surface area contributed by atoms with Crippen LogP contribution in [-0.2, 0) is 16.6 Å². The van der Waals surface area contributed by atoms with Crippen LogP contribution in [0, 0.1) is 5.82 Å². The molecule has 8 heteroatoms. The number of nitrogens with zero attached hydrogens (tertiary/aromatic N) is 2. The highest BCUT2D eigenvalue weighted by Gasteiger charge is 2.30. The van der Waals surface area contributed by atoms with E-state index >= 15 is 0 Å². The molecule has 2 rings (SSSR count). The summed E-state index contributed by atoms with van der Waals surface area (Å²) in [5.74, 6) is -0.877. The lowest BCUT2D eigenvalue weighted by molar-refractivity contribution is 0.274. The average molecular weight is 381 g/mol. The van der Waals surface area contributed by atoms with Crippen LogP contribution in [0.4, 0.5) is 4.39 Å². The minimum atomic E-state index is -3.90. The van der Waals surface area contributed by atoms with Crippen LogP contribution >= 0.6 is 15.9 Å². The lowest BCUT2D eigenvalue weighted by Gasteiger charge is -2.21. The topological polar surface area (TPSA) is 60.9 Å². The zero-order valence-corrected chi connectivity index (χ0v) is 14.1. The predicted molar refractivity (Wildman–Crippen MR) is 80.9 cm³/mol. The van der Waals surface area contributed by atoms with Gasteiger partial charge < -0.3 is 10.0 Å². The van der Waals surface area contributed by atoms with Crippen molar-refractivity contribution >= 4 is 26.0 Å². The van der Waals surface area contributed by atoms with Gasteiger partial charge >= 0.3 is 0 Å². The second kappa shape index (κ2) is 6.70. The number of halogens is 2. The van der Waals surface area contributed by atoms with Gasteiger partial charge in [-0.05, 0) is 32.1 Å². The van der Waals surface area contributed by atoms with Gasteiger partial charge in [0.25, 0.3) is 0 Å². The van der Waals surface area contributed by atoms with E-state index in [4.69, 9.17) is 5.11 Å². The van der Waals surface area contributed by atoms with Gasteiger partial charge in [0.05, 0.1) is 6.61 Å². The van der Waals surface area contributed by atoms with E-state index in [-0.39, 0.29) is 10.5 Å². The standard InChI is InChI=1S/C13H18BrFN2O3S/c1-16-3-2-4-17(6-5-16)21(19,20)12-8-11(14)7-10(9-18)13(12)15/h7-8,18H,2-6,9H2,1H3. The van der Waals surface area contributed by atoms with Gasteiger partial charge in [-0.15, -0.1) is 0 Å². The van der Waals surface area contributed by atoms with Crippen molar-refractivity contribution < 1.29 is 17.9 Å². The lowest BCUT2D eigenvalue weighted by atomic mass is 10.2. The van der Waals surface area contributed by atoms with Crippen LogP contribution in [0.15, 0.2) is 21.5 Å². The van der Waals surface area contributed by atoms with E-state index in [0.29, 0.717) is 30.5 Å². The number of rotatable bonds is 3. The maximum absolute atomic E-state index is 14.3. The molecule has 0 radical (unpaired) electrons. The number of sulfonamides is 1. The molecule has 0 unspecified atom stereocenters. The number of aliphatic hydroxyl groups is 1. The Bertz CT molecular complexity index is 624. The Kier molecular flexibility index (Phi) is 5.37. The first-order valence-corrected chi connectivity index (χ1v) is 8.87. The first kappa shape index (κ1) is 16.8. The Hall–Kier alpha value is -0.540. The summed E-state index contributed by atoms with van der Waals surface area (Å²) < 4.78 is 41.3. The van der Waals surface area contributed by atoms with Crippen molar-refractivity contribution in [2.45, 2.75) is 17.9 Å². The molecule has 118 valence electrons. The number of hydrogen-bond donors (Lipinski definition) is 1. The molecule has 0 saturated carbocycles. The van der Waals surface area contributed by atoms with Crippen molar-refractivity contribution in [1.82, 2.24) is 9.21 Å². The normalized spacial score (nSPS) is 18.7. The third-order valence-corrected chi connectivity index (χ3v) is 5.90. The first-order chi connectivity index (χ1) is 9.86. The molecule has 1 aliphatic heterocycles. The van der Waals surface area contributed by atoms with Gasteiger partial charge in [-0.1, -0.05) is 15.9 Å². The highest BCUT2D eigenvalue weighted by molar-refractivity contribution is 9.10. The molecule has 0 aromatic heterocycles. The number of aliphatic hydroxyl groups excluding tert-OH is 1. The van der Waals surface area contributed by atoms with E-state index in [9.17, 15) is 12.8 Å². The fraction of sp³-hybridized carbons (Fsp3) is 0.538. The molecule has 0 bridgehead atoms. The summed E-state index contributed by atoms with van der Waals surface area (Å²) in [5, 5.41) is 9.15. The summed E-state index contributed by atoms with van der Waals surface area (Å²) in [7, 11) is -1.97. The number of likely N-dealkylation sites (N-methyl/N-ethyl adjacent to an activating group) is 1. The van der Waals surface area contributed by atoms with Crippen LogP contribution in [0.2, 0.25) is 0 Å². The number of benzene rings is 1. The van der Waals surface area contributed by atoms with Crippen LogP contribution in [0.5, 0.6) is 0 Å². The van der Waals surface area contributed by atoms with Crippen LogP contribution < -0.4 is 0 Å². The minimum absolute atomic E-state index is 0.0325. The van der Waals surface area contributed by atoms with Crippen LogP contribution in [0.3, 0.4) is 0 Å². The molecule has 21 heavy (non-hydrogen) atoms. The van der Waals surface area contributed by atoms with Gasteiger partial charge in [0.1, 0.15) is 10.7 Å². The highest BCUT2D eigenvalue weighted by atomic mass is 79.9. The Morgan fingerprint density at radius 1 is 1.29 bits per heavy atom. The molecule has 0 amide bonds. The van der Waals surface area contributed by atoms with Gasteiger partial charge in [0, 0.05) is 29.7 Å². The summed E-state index contributed by atoms with van der Waals surface area (Å²) >= 11 is 3.16. The van der Waals surface area contributed by atoms with Gasteiger partial charge in [0.15, 0.2) is 0 Å². The van der Waals surface area contributed by atoms with Gasteiger partial charge in [-0.3, -0.25) is 0 Å². The Morgan fingerprint density at radius 3 is 2.67 bits per heavy atom. The van der Waals surface area contributed by atoms with Gasteiger partial charge in [-0.2, -0.15) is 4.31 Å². The number of hydrogen-bond acceptors (Lipinski definition) is 4. The van der Waals surface area contributed by atoms with E-state index in [1.807, 2.05) is 11.9 Å². The third kappa shape index (κ3) is 3.62. The fourth-order valence-electron chi connectivity index (χ4n) is 2.32. The molecule has 0 spiro atoms. The van der Waals surface area contributed by atoms with Crippen LogP contribution in [-0.4, -0.2) is 56.0 Å². The lowest BCUT2D eigenvalue weighted by Crippen LogP contribution is -2.35. The van der Waals surface area contributed by atoms with Crippen molar-refractivity contribution in [3.8, 4) is 0 Å². The molecule has 0 atom stereocenters. The van der Waals surface area contributed by atoms with E-state index in [1.54, 1.807) is 0 Å². The zero-order chi connectivity index (χ0) is 15.6. The minimum Gasteiger partial charge on any atom is -0.392 e. The maximum atomic E-state index is 14.3. The van der Waals surface area contributed by atoms with Gasteiger partial charge in [-0.25, -0.2) is 12.8 Å². The fourth-order valence-corrected chi connectivity index (χ4v) is 4.58. The van der Waals surface area contributed by atoms with Crippen LogP contribution in [0.25, 0.3) is 0 Å². The molecule has 1 aromatic rings. The molecular weight excluding hydrogens is 363 g/mol. The summed E-state index contributed by atoms with van der Waals surface area (Å²) in [6.45, 7) is 1.58. The predicted octanol–water partition coefficient (Wildman–Crippen LogP) is 1.41. The smallest absolute Gasteiger partial charge is 0.246 e. The second-order valence-electron chi connectivity index (χ2n) is 5.10.